The highest BCUT2D eigenvalue weighted by Crippen LogP contribution is 2.51. The zero-order valence-electron chi connectivity index (χ0n) is 23.8. The van der Waals surface area contributed by atoms with Gasteiger partial charge < -0.3 is 25.3 Å². The first-order chi connectivity index (χ1) is 19.9. The van der Waals surface area contributed by atoms with Gasteiger partial charge in [0.25, 0.3) is 5.91 Å². The van der Waals surface area contributed by atoms with Gasteiger partial charge in [0.2, 0.25) is 0 Å². The Kier molecular flexibility index (Phi) is 7.84. The van der Waals surface area contributed by atoms with E-state index in [-0.39, 0.29) is 35.7 Å². The Labute approximate surface area is 242 Å². The second-order valence-electron chi connectivity index (χ2n) is 12.5. The van der Waals surface area contributed by atoms with Gasteiger partial charge in [-0.3, -0.25) is 4.79 Å². The summed E-state index contributed by atoms with van der Waals surface area (Å²) in [6.45, 7) is 7.39. The number of amides is 1. The van der Waals surface area contributed by atoms with Crippen LogP contribution in [0.15, 0.2) is 48.5 Å². The number of ether oxygens (including phenoxy) is 1. The van der Waals surface area contributed by atoms with E-state index in [9.17, 15) is 14.6 Å². The molecule has 2 aromatic rings. The van der Waals surface area contributed by atoms with Gasteiger partial charge in [-0.15, -0.1) is 0 Å². The number of anilines is 1. The summed E-state index contributed by atoms with van der Waals surface area (Å²) in [5, 5.41) is 21.5. The summed E-state index contributed by atoms with van der Waals surface area (Å²) >= 11 is 0. The van der Waals surface area contributed by atoms with Crippen molar-refractivity contribution in [1.29, 1.82) is 10.7 Å². The molecule has 1 aliphatic carbocycles. The molecule has 0 aromatic heterocycles. The number of rotatable bonds is 9. The third kappa shape index (κ3) is 5.50. The molecule has 4 aliphatic rings. The summed E-state index contributed by atoms with van der Waals surface area (Å²) in [5.74, 6) is 0.539. The number of nitriles is 1. The summed E-state index contributed by atoms with van der Waals surface area (Å²) in [4.78, 5) is 17.6. The van der Waals surface area contributed by atoms with Crippen LogP contribution in [0.25, 0.3) is 0 Å². The van der Waals surface area contributed by atoms with E-state index >= 15 is 0 Å². The second-order valence-corrected chi connectivity index (χ2v) is 12.5. The molecule has 3 aliphatic heterocycles. The number of epoxide rings is 1. The Morgan fingerprint density at radius 3 is 2.51 bits per heavy atom. The van der Waals surface area contributed by atoms with Gasteiger partial charge in [0.05, 0.1) is 18.2 Å². The molecule has 1 amide bonds. The number of carbonyl (C=O) groups is 1. The Morgan fingerprint density at radius 1 is 1.15 bits per heavy atom. The molecule has 0 spiro atoms. The first-order valence-corrected chi connectivity index (χ1v) is 15.1. The SMILES string of the molecule is CC(=N)[C@@](c1cccc(F)c1)(C1CCN(CC2CN(c3ccc(C#N)cc3)C2)CC1)[C@H]1CCC[C@@H]1NC(=O)[C@@H]1CO1. The predicted octanol–water partition coefficient (Wildman–Crippen LogP) is 4.51. The maximum atomic E-state index is 14.7. The molecule has 8 heteroatoms. The first-order valence-electron chi connectivity index (χ1n) is 15.1. The summed E-state index contributed by atoms with van der Waals surface area (Å²) < 4.78 is 19.9. The highest BCUT2D eigenvalue weighted by Gasteiger charge is 2.54. The van der Waals surface area contributed by atoms with E-state index < -0.39 is 5.41 Å². The molecule has 0 radical (unpaired) electrons. The fourth-order valence-electron chi connectivity index (χ4n) is 8.03. The number of nitrogens with one attached hydrogen (secondary N) is 2. The number of hydrogen-bond acceptors (Lipinski definition) is 6. The van der Waals surface area contributed by atoms with Crippen LogP contribution in [0.2, 0.25) is 0 Å². The lowest BCUT2D eigenvalue weighted by Gasteiger charge is -2.51. The van der Waals surface area contributed by atoms with Crippen LogP contribution < -0.4 is 10.2 Å². The number of carbonyl (C=O) groups excluding carboxylic acids is 1. The van der Waals surface area contributed by atoms with Gasteiger partial charge in [-0.1, -0.05) is 18.6 Å². The van der Waals surface area contributed by atoms with Crippen molar-refractivity contribution in [3.05, 3.63) is 65.5 Å². The molecule has 3 saturated heterocycles. The van der Waals surface area contributed by atoms with Crippen LogP contribution in [0.5, 0.6) is 0 Å². The van der Waals surface area contributed by atoms with E-state index in [0.29, 0.717) is 23.8 Å². The Bertz CT molecular complexity index is 1310. The predicted molar refractivity (Wildman–Crippen MR) is 157 cm³/mol. The van der Waals surface area contributed by atoms with Crippen LogP contribution in [-0.4, -0.2) is 68.0 Å². The molecule has 41 heavy (non-hydrogen) atoms. The standard InChI is InChI=1S/C33H40FN5O2/c1-22(36)33(26-4-2-5-27(34)16-26,29-6-3-7-30(29)37-32(40)31-21-41-31)25-12-14-38(15-13-25)18-24-19-39(20-24)28-10-8-23(17-35)9-11-28/h2,4-5,8-11,16,24-25,29-31,36H,3,6-7,12-15,18-21H2,1H3,(H,37,40)/t29-,30-,31-,33-/m0/s1. The minimum absolute atomic E-state index is 0.0449. The van der Waals surface area contributed by atoms with Gasteiger partial charge in [-0.05, 0) is 99.5 Å². The fraction of sp³-hybridized carbons (Fsp3) is 0.545. The highest BCUT2D eigenvalue weighted by atomic mass is 19.1. The molecule has 3 heterocycles. The van der Waals surface area contributed by atoms with Crippen LogP contribution in [0.4, 0.5) is 10.1 Å². The minimum Gasteiger partial charge on any atom is -0.371 e. The number of piperidine rings is 1. The summed E-state index contributed by atoms with van der Waals surface area (Å²) in [6, 6.07) is 16.8. The van der Waals surface area contributed by atoms with E-state index in [1.807, 2.05) is 37.3 Å². The van der Waals surface area contributed by atoms with Crippen LogP contribution in [-0.2, 0) is 14.9 Å². The van der Waals surface area contributed by atoms with Crippen LogP contribution in [0, 0.1) is 40.3 Å². The highest BCUT2D eigenvalue weighted by molar-refractivity contribution is 5.92. The van der Waals surface area contributed by atoms with E-state index in [1.54, 1.807) is 12.1 Å². The van der Waals surface area contributed by atoms with Gasteiger partial charge in [0.15, 0.2) is 6.10 Å². The molecule has 1 saturated carbocycles. The lowest BCUT2D eigenvalue weighted by molar-refractivity contribution is -0.123. The van der Waals surface area contributed by atoms with Crippen molar-refractivity contribution in [2.75, 3.05) is 44.2 Å². The largest absolute Gasteiger partial charge is 0.371 e. The second kappa shape index (κ2) is 11.5. The molecule has 2 aromatic carbocycles. The third-order valence-corrected chi connectivity index (χ3v) is 10.0. The van der Waals surface area contributed by atoms with Crippen molar-refractivity contribution in [2.24, 2.45) is 17.8 Å². The monoisotopic (exact) mass is 557 g/mol. The van der Waals surface area contributed by atoms with Gasteiger partial charge >= 0.3 is 0 Å². The molecular weight excluding hydrogens is 517 g/mol. The summed E-state index contributed by atoms with van der Waals surface area (Å²) in [7, 11) is 0. The molecule has 7 nitrogen and oxygen atoms in total. The molecule has 4 atom stereocenters. The fourth-order valence-corrected chi connectivity index (χ4v) is 8.03. The lowest BCUT2D eigenvalue weighted by Crippen LogP contribution is -2.57. The quantitative estimate of drug-likeness (QED) is 0.350. The molecule has 6 rings (SSSR count). The summed E-state index contributed by atoms with van der Waals surface area (Å²) in [5.41, 5.74) is 2.70. The average Bonchev–Trinajstić information content (AvgIpc) is 3.72. The average molecular weight is 558 g/mol. The van der Waals surface area contributed by atoms with Gasteiger partial charge in [0, 0.05) is 48.4 Å². The Hall–Kier alpha value is -3.28. The van der Waals surface area contributed by atoms with Gasteiger partial charge in [0.1, 0.15) is 5.82 Å². The van der Waals surface area contributed by atoms with Crippen molar-refractivity contribution in [3.63, 3.8) is 0 Å². The van der Waals surface area contributed by atoms with Gasteiger partial charge in [-0.2, -0.15) is 5.26 Å². The topological polar surface area (TPSA) is 95.8 Å². The third-order valence-electron chi connectivity index (χ3n) is 10.0. The molecular formula is C33H40FN5O2. The number of nitrogens with zero attached hydrogens (tertiary/aromatic N) is 3. The normalized spacial score (nSPS) is 26.6. The van der Waals surface area contributed by atoms with Crippen molar-refractivity contribution in [3.8, 4) is 6.07 Å². The zero-order chi connectivity index (χ0) is 28.6. The lowest BCUT2D eigenvalue weighted by atomic mass is 9.56. The van der Waals surface area contributed by atoms with Crippen molar-refractivity contribution < 1.29 is 13.9 Å². The zero-order valence-corrected chi connectivity index (χ0v) is 23.8. The maximum Gasteiger partial charge on any atom is 0.251 e. The number of benzene rings is 2. The van der Waals surface area contributed by atoms with E-state index in [4.69, 9.17) is 10.00 Å². The van der Waals surface area contributed by atoms with E-state index in [1.165, 1.54) is 11.8 Å². The Morgan fingerprint density at radius 2 is 1.88 bits per heavy atom. The molecule has 2 N–H and O–H groups in total. The van der Waals surface area contributed by atoms with E-state index in [0.717, 1.165) is 70.4 Å². The smallest absolute Gasteiger partial charge is 0.251 e. The summed E-state index contributed by atoms with van der Waals surface area (Å²) in [6.07, 6.45) is 4.33. The van der Waals surface area contributed by atoms with E-state index in [2.05, 4.69) is 21.2 Å². The van der Waals surface area contributed by atoms with Crippen molar-refractivity contribution in [1.82, 2.24) is 10.2 Å². The van der Waals surface area contributed by atoms with Crippen molar-refractivity contribution >= 4 is 17.3 Å². The number of likely N-dealkylation sites (tertiary alicyclic amines) is 1. The molecule has 216 valence electrons. The minimum atomic E-state index is -0.615. The maximum absolute atomic E-state index is 14.7. The molecule has 0 unspecified atom stereocenters. The van der Waals surface area contributed by atoms with Crippen molar-refractivity contribution in [2.45, 2.75) is 56.6 Å². The van der Waals surface area contributed by atoms with Crippen LogP contribution in [0.1, 0.15) is 50.2 Å². The number of halogens is 1. The Balaban J connectivity index is 1.15. The first kappa shape index (κ1) is 27.9. The number of hydrogen-bond donors (Lipinski definition) is 2. The van der Waals surface area contributed by atoms with Gasteiger partial charge in [-0.25, -0.2) is 4.39 Å². The van der Waals surface area contributed by atoms with Crippen LogP contribution >= 0.6 is 0 Å². The molecule has 0 bridgehead atoms. The van der Waals surface area contributed by atoms with Crippen LogP contribution in [0.3, 0.4) is 0 Å². The molecule has 4 fully saturated rings.